The van der Waals surface area contributed by atoms with Gasteiger partial charge in [-0.3, -0.25) is 0 Å². The summed E-state index contributed by atoms with van der Waals surface area (Å²) in [6, 6.07) is 15.3. The van der Waals surface area contributed by atoms with E-state index in [1.807, 2.05) is 30.1 Å². The van der Waals surface area contributed by atoms with Crippen LogP contribution >= 0.6 is 23.2 Å². The highest BCUT2D eigenvalue weighted by Crippen LogP contribution is 2.27. The van der Waals surface area contributed by atoms with Crippen LogP contribution in [-0.2, 0) is 6.54 Å². The predicted octanol–water partition coefficient (Wildman–Crippen LogP) is 4.56. The second-order valence-corrected chi connectivity index (χ2v) is 6.07. The van der Waals surface area contributed by atoms with Gasteiger partial charge in [-0.2, -0.15) is 10.1 Å². The summed E-state index contributed by atoms with van der Waals surface area (Å²) in [5.41, 5.74) is 1.86. The van der Waals surface area contributed by atoms with Crippen LogP contribution in [0.5, 0.6) is 0 Å². The van der Waals surface area contributed by atoms with Crippen LogP contribution in [0.4, 0.5) is 17.5 Å². The lowest BCUT2D eigenvalue weighted by Crippen LogP contribution is -2.18. The summed E-state index contributed by atoms with van der Waals surface area (Å²) in [5.74, 6) is 1.08. The fourth-order valence-electron chi connectivity index (χ4n) is 2.18. The number of aromatic nitrogens is 3. The first kappa shape index (κ1) is 16.5. The summed E-state index contributed by atoms with van der Waals surface area (Å²) in [6.07, 6.45) is 1.62. The Labute approximate surface area is 150 Å². The maximum atomic E-state index is 6.16. The molecular weight excluding hydrogens is 345 g/mol. The lowest BCUT2D eigenvalue weighted by Gasteiger charge is -2.18. The van der Waals surface area contributed by atoms with E-state index in [1.165, 1.54) is 5.56 Å². The van der Waals surface area contributed by atoms with Gasteiger partial charge in [0.25, 0.3) is 0 Å². The molecule has 0 fully saturated rings. The Morgan fingerprint density at radius 2 is 1.88 bits per heavy atom. The van der Waals surface area contributed by atoms with Gasteiger partial charge < -0.3 is 10.2 Å². The Kier molecular flexibility index (Phi) is 5.13. The Morgan fingerprint density at radius 1 is 1.08 bits per heavy atom. The maximum Gasteiger partial charge on any atom is 0.249 e. The zero-order valence-electron chi connectivity index (χ0n) is 12.9. The minimum absolute atomic E-state index is 0.372. The number of rotatable bonds is 5. The second-order valence-electron chi connectivity index (χ2n) is 5.23. The smallest absolute Gasteiger partial charge is 0.249 e. The molecule has 2 aromatic carbocycles. The van der Waals surface area contributed by atoms with E-state index in [4.69, 9.17) is 23.2 Å². The molecule has 0 saturated carbocycles. The molecule has 0 aliphatic carbocycles. The minimum atomic E-state index is 0.372. The first-order valence-electron chi connectivity index (χ1n) is 7.28. The normalized spacial score (nSPS) is 10.5. The van der Waals surface area contributed by atoms with E-state index < -0.39 is 0 Å². The van der Waals surface area contributed by atoms with E-state index in [-0.39, 0.29) is 0 Å². The van der Waals surface area contributed by atoms with Gasteiger partial charge >= 0.3 is 0 Å². The van der Waals surface area contributed by atoms with Crippen molar-refractivity contribution in [3.63, 3.8) is 0 Å². The standard InChI is InChI=1S/C17H15Cl2N5/c1-24(11-12-5-3-2-4-6-12)16-10-20-23-17(22-16)21-15-8-7-13(18)9-14(15)19/h2-10H,11H2,1H3,(H,21,22,23). The number of nitrogens with one attached hydrogen (secondary N) is 1. The Hall–Kier alpha value is -2.37. The van der Waals surface area contributed by atoms with E-state index in [9.17, 15) is 0 Å². The summed E-state index contributed by atoms with van der Waals surface area (Å²) in [4.78, 5) is 6.48. The van der Waals surface area contributed by atoms with Gasteiger partial charge in [0, 0.05) is 18.6 Å². The average Bonchev–Trinajstić information content (AvgIpc) is 2.59. The third kappa shape index (κ3) is 4.13. The number of hydrogen-bond donors (Lipinski definition) is 1. The van der Waals surface area contributed by atoms with E-state index in [1.54, 1.807) is 24.4 Å². The number of benzene rings is 2. The molecule has 0 radical (unpaired) electrons. The first-order chi connectivity index (χ1) is 11.6. The van der Waals surface area contributed by atoms with Crippen LogP contribution in [0, 0.1) is 0 Å². The van der Waals surface area contributed by atoms with Crippen LogP contribution in [0.3, 0.4) is 0 Å². The molecule has 0 bridgehead atoms. The fourth-order valence-corrected chi connectivity index (χ4v) is 2.64. The van der Waals surface area contributed by atoms with Crippen molar-refractivity contribution in [1.29, 1.82) is 0 Å². The molecule has 0 spiro atoms. The maximum absolute atomic E-state index is 6.16. The molecule has 7 heteroatoms. The summed E-state index contributed by atoms with van der Waals surface area (Å²) in [6.45, 7) is 0.723. The van der Waals surface area contributed by atoms with Crippen molar-refractivity contribution >= 4 is 40.7 Å². The van der Waals surface area contributed by atoms with Crippen molar-refractivity contribution in [2.45, 2.75) is 6.54 Å². The predicted molar refractivity (Wildman–Crippen MR) is 98.1 cm³/mol. The van der Waals surface area contributed by atoms with Crippen LogP contribution in [0.1, 0.15) is 5.56 Å². The monoisotopic (exact) mass is 359 g/mol. The molecule has 122 valence electrons. The summed E-state index contributed by atoms with van der Waals surface area (Å²) in [7, 11) is 1.95. The molecule has 0 amide bonds. The van der Waals surface area contributed by atoms with E-state index in [0.29, 0.717) is 27.5 Å². The molecule has 0 saturated heterocycles. The molecule has 1 aromatic heterocycles. The molecule has 3 aromatic rings. The van der Waals surface area contributed by atoms with E-state index >= 15 is 0 Å². The van der Waals surface area contributed by atoms with Crippen LogP contribution < -0.4 is 10.2 Å². The number of anilines is 3. The van der Waals surface area contributed by atoms with Gasteiger partial charge in [0.2, 0.25) is 5.95 Å². The third-order valence-electron chi connectivity index (χ3n) is 3.38. The number of hydrogen-bond acceptors (Lipinski definition) is 5. The lowest BCUT2D eigenvalue weighted by molar-refractivity contribution is 0.866. The number of halogens is 2. The molecule has 0 aliphatic rings. The summed E-state index contributed by atoms with van der Waals surface area (Å²) >= 11 is 12.1. The van der Waals surface area contributed by atoms with Crippen molar-refractivity contribution in [3.05, 3.63) is 70.3 Å². The minimum Gasteiger partial charge on any atom is -0.354 e. The van der Waals surface area contributed by atoms with Gasteiger partial charge in [0.1, 0.15) is 0 Å². The highest BCUT2D eigenvalue weighted by Gasteiger charge is 2.08. The second kappa shape index (κ2) is 7.47. The summed E-state index contributed by atoms with van der Waals surface area (Å²) in [5, 5.41) is 12.1. The molecule has 24 heavy (non-hydrogen) atoms. The molecular formula is C17H15Cl2N5. The average molecular weight is 360 g/mol. The van der Waals surface area contributed by atoms with Gasteiger partial charge in [-0.05, 0) is 23.8 Å². The van der Waals surface area contributed by atoms with E-state index in [0.717, 1.165) is 6.54 Å². The van der Waals surface area contributed by atoms with Crippen molar-refractivity contribution in [2.24, 2.45) is 0 Å². The molecule has 0 aliphatic heterocycles. The first-order valence-corrected chi connectivity index (χ1v) is 8.04. The van der Waals surface area contributed by atoms with Crippen molar-refractivity contribution < 1.29 is 0 Å². The van der Waals surface area contributed by atoms with Gasteiger partial charge in [-0.15, -0.1) is 5.10 Å². The topological polar surface area (TPSA) is 53.9 Å². The third-order valence-corrected chi connectivity index (χ3v) is 3.93. The van der Waals surface area contributed by atoms with Crippen LogP contribution in [0.15, 0.2) is 54.7 Å². The number of nitrogens with zero attached hydrogens (tertiary/aromatic N) is 4. The lowest BCUT2D eigenvalue weighted by atomic mass is 10.2. The van der Waals surface area contributed by atoms with Crippen LogP contribution in [-0.4, -0.2) is 22.2 Å². The van der Waals surface area contributed by atoms with Gasteiger partial charge in [0.15, 0.2) is 5.82 Å². The Bertz CT molecular complexity index is 826. The zero-order valence-corrected chi connectivity index (χ0v) is 14.5. The molecule has 5 nitrogen and oxygen atoms in total. The van der Waals surface area contributed by atoms with Gasteiger partial charge in [-0.1, -0.05) is 53.5 Å². The van der Waals surface area contributed by atoms with Crippen LogP contribution in [0.25, 0.3) is 0 Å². The SMILES string of the molecule is CN(Cc1ccccc1)c1cnnc(Nc2ccc(Cl)cc2Cl)n1. The van der Waals surface area contributed by atoms with Crippen LogP contribution in [0.2, 0.25) is 10.0 Å². The van der Waals surface area contributed by atoms with E-state index in [2.05, 4.69) is 32.6 Å². The van der Waals surface area contributed by atoms with Gasteiger partial charge in [-0.25, -0.2) is 0 Å². The fraction of sp³-hybridized carbons (Fsp3) is 0.118. The highest BCUT2D eigenvalue weighted by atomic mass is 35.5. The summed E-state index contributed by atoms with van der Waals surface area (Å²) < 4.78 is 0. The Morgan fingerprint density at radius 3 is 2.62 bits per heavy atom. The van der Waals surface area contributed by atoms with Crippen molar-refractivity contribution in [2.75, 3.05) is 17.3 Å². The molecule has 1 heterocycles. The quantitative estimate of drug-likeness (QED) is 0.723. The molecule has 0 unspecified atom stereocenters. The van der Waals surface area contributed by atoms with Crippen molar-refractivity contribution in [3.8, 4) is 0 Å². The highest BCUT2D eigenvalue weighted by molar-refractivity contribution is 6.36. The molecule has 0 atom stereocenters. The molecule has 1 N–H and O–H groups in total. The molecule has 3 rings (SSSR count). The van der Waals surface area contributed by atoms with Crippen molar-refractivity contribution in [1.82, 2.24) is 15.2 Å². The van der Waals surface area contributed by atoms with Gasteiger partial charge in [0.05, 0.1) is 16.9 Å². The zero-order chi connectivity index (χ0) is 16.9. The Balaban J connectivity index is 1.76. The largest absolute Gasteiger partial charge is 0.354 e.